The molecule has 8 heteroatoms. The summed E-state index contributed by atoms with van der Waals surface area (Å²) in [7, 11) is 1.63. The first kappa shape index (κ1) is 25.4. The molecule has 1 amide bonds. The van der Waals surface area contributed by atoms with Crippen molar-refractivity contribution in [2.75, 3.05) is 20.3 Å². The lowest BCUT2D eigenvalue weighted by atomic mass is 9.95. The van der Waals surface area contributed by atoms with Gasteiger partial charge in [0, 0.05) is 22.7 Å². The van der Waals surface area contributed by atoms with E-state index in [9.17, 15) is 9.90 Å². The predicted octanol–water partition coefficient (Wildman–Crippen LogP) is 6.11. The van der Waals surface area contributed by atoms with Gasteiger partial charge in [-0.05, 0) is 66.4 Å². The van der Waals surface area contributed by atoms with Crippen molar-refractivity contribution in [2.45, 2.75) is 19.4 Å². The number of carbonyl (C=O) groups excluding carboxylic acids is 1. The molecule has 1 unspecified atom stereocenters. The van der Waals surface area contributed by atoms with Gasteiger partial charge in [-0.3, -0.25) is 9.89 Å². The Hall–Kier alpha value is -4.23. The van der Waals surface area contributed by atoms with Crippen molar-refractivity contribution >= 4 is 17.5 Å². The maximum Gasteiger partial charge on any atom is 0.273 e. The number of halogens is 1. The highest BCUT2D eigenvalue weighted by Gasteiger charge is 2.42. The van der Waals surface area contributed by atoms with E-state index < -0.39 is 6.04 Å². The number of benzene rings is 3. The highest BCUT2D eigenvalue weighted by atomic mass is 35.5. The van der Waals surface area contributed by atoms with Crippen LogP contribution in [-0.4, -0.2) is 46.4 Å². The number of rotatable bonds is 9. The maximum atomic E-state index is 13.7. The number of nitrogens with zero attached hydrogens (tertiary/aromatic N) is 2. The number of H-pyrrole nitrogens is 1. The summed E-state index contributed by atoms with van der Waals surface area (Å²) in [6.07, 6.45) is 2.34. The number of phenolic OH excluding ortho intramolecular Hbond substituents is 1. The van der Waals surface area contributed by atoms with Crippen molar-refractivity contribution < 1.29 is 19.4 Å². The number of hydrogen-bond acceptors (Lipinski definition) is 5. The molecule has 0 fully saturated rings. The van der Waals surface area contributed by atoms with Gasteiger partial charge in [-0.2, -0.15) is 5.10 Å². The van der Waals surface area contributed by atoms with Crippen molar-refractivity contribution in [1.82, 2.24) is 15.1 Å². The third-order valence-corrected chi connectivity index (χ3v) is 7.17. The second-order valence-corrected chi connectivity index (χ2v) is 9.55. The Balaban J connectivity index is 1.55. The van der Waals surface area contributed by atoms with Crippen LogP contribution in [0.5, 0.6) is 17.2 Å². The second-order valence-electron chi connectivity index (χ2n) is 9.15. The molecule has 1 aliphatic rings. The number of phenols is 1. The first-order valence-corrected chi connectivity index (χ1v) is 12.6. The van der Waals surface area contributed by atoms with Crippen molar-refractivity contribution in [2.24, 2.45) is 0 Å². The van der Waals surface area contributed by atoms with E-state index in [1.165, 1.54) is 0 Å². The zero-order valence-electron chi connectivity index (χ0n) is 21.2. The van der Waals surface area contributed by atoms with Crippen LogP contribution in [0.2, 0.25) is 5.02 Å². The fourth-order valence-corrected chi connectivity index (χ4v) is 4.94. The van der Waals surface area contributed by atoms with E-state index >= 15 is 0 Å². The van der Waals surface area contributed by atoms with Crippen LogP contribution in [0, 0.1) is 6.92 Å². The van der Waals surface area contributed by atoms with Gasteiger partial charge in [0.25, 0.3) is 5.91 Å². The number of aryl methyl sites for hydroxylation is 1. The number of nitrogens with one attached hydrogen (secondary N) is 1. The van der Waals surface area contributed by atoms with Crippen LogP contribution in [0.1, 0.15) is 38.8 Å². The molecular weight excluding hydrogens is 502 g/mol. The molecule has 3 aromatic carbocycles. The quantitative estimate of drug-likeness (QED) is 0.256. The monoisotopic (exact) mass is 529 g/mol. The molecule has 2 N–H and O–H groups in total. The molecule has 0 saturated heterocycles. The number of ether oxygens (including phenoxy) is 2. The fourth-order valence-electron chi connectivity index (χ4n) is 4.78. The third-order valence-electron chi connectivity index (χ3n) is 6.76. The van der Waals surface area contributed by atoms with Crippen LogP contribution in [0.3, 0.4) is 0 Å². The van der Waals surface area contributed by atoms with E-state index in [-0.39, 0.29) is 11.7 Å². The Morgan fingerprint density at radius 2 is 1.84 bits per heavy atom. The minimum atomic E-state index is -0.419. The van der Waals surface area contributed by atoms with Gasteiger partial charge in [-0.15, -0.1) is 0 Å². The van der Waals surface area contributed by atoms with E-state index in [0.717, 1.165) is 22.4 Å². The number of amides is 1. The number of aromatic amines is 1. The molecule has 0 aliphatic carbocycles. The molecule has 38 heavy (non-hydrogen) atoms. The lowest BCUT2D eigenvalue weighted by Gasteiger charge is -2.27. The molecule has 4 aromatic rings. The Morgan fingerprint density at radius 3 is 2.53 bits per heavy atom. The summed E-state index contributed by atoms with van der Waals surface area (Å²) in [6, 6.07) is 18.4. The fraction of sp³-hybridized carbons (Fsp3) is 0.200. The Bertz CT molecular complexity index is 1480. The average molecular weight is 530 g/mol. The number of methoxy groups -OCH3 is 1. The number of fused-ring (bicyclic) bond motifs is 1. The maximum absolute atomic E-state index is 13.7. The minimum Gasteiger partial charge on any atom is -0.507 e. The van der Waals surface area contributed by atoms with Crippen LogP contribution in [0.25, 0.3) is 11.3 Å². The summed E-state index contributed by atoms with van der Waals surface area (Å²) in [5, 5.41) is 18.7. The Labute approximate surface area is 226 Å². The van der Waals surface area contributed by atoms with Crippen molar-refractivity contribution in [3.63, 3.8) is 0 Å². The molecule has 5 rings (SSSR count). The molecule has 7 nitrogen and oxygen atoms in total. The van der Waals surface area contributed by atoms with Crippen LogP contribution in [-0.2, 0) is 6.42 Å². The molecular formula is C30H28ClN3O4. The van der Waals surface area contributed by atoms with Crippen molar-refractivity contribution in [3.05, 3.63) is 106 Å². The van der Waals surface area contributed by atoms with Gasteiger partial charge in [0.2, 0.25) is 0 Å². The lowest BCUT2D eigenvalue weighted by molar-refractivity contribution is 0.0746. The molecule has 0 spiro atoms. The molecule has 1 aromatic heterocycles. The lowest BCUT2D eigenvalue weighted by Crippen LogP contribution is -2.31. The highest BCUT2D eigenvalue weighted by molar-refractivity contribution is 6.31. The summed E-state index contributed by atoms with van der Waals surface area (Å²) < 4.78 is 10.9. The highest BCUT2D eigenvalue weighted by Crippen LogP contribution is 2.45. The third kappa shape index (κ3) is 4.73. The van der Waals surface area contributed by atoms with Gasteiger partial charge in [0.15, 0.2) is 0 Å². The summed E-state index contributed by atoms with van der Waals surface area (Å²) in [6.45, 7) is 6.39. The van der Waals surface area contributed by atoms with Crippen LogP contribution >= 0.6 is 11.6 Å². The molecule has 1 aliphatic heterocycles. The summed E-state index contributed by atoms with van der Waals surface area (Å²) in [5.74, 6) is 1.39. The van der Waals surface area contributed by atoms with Crippen LogP contribution in [0.15, 0.2) is 73.3 Å². The number of aromatic nitrogens is 2. The van der Waals surface area contributed by atoms with Crippen LogP contribution in [0.4, 0.5) is 0 Å². The zero-order chi connectivity index (χ0) is 26.8. The van der Waals surface area contributed by atoms with Gasteiger partial charge < -0.3 is 19.5 Å². The number of aromatic hydroxyl groups is 1. The number of carbonyl (C=O) groups is 1. The van der Waals surface area contributed by atoms with E-state index in [0.29, 0.717) is 52.9 Å². The summed E-state index contributed by atoms with van der Waals surface area (Å²) >= 11 is 6.41. The van der Waals surface area contributed by atoms with E-state index in [4.69, 9.17) is 21.1 Å². The molecule has 0 saturated carbocycles. The Kier molecular flexibility index (Phi) is 7.11. The topological polar surface area (TPSA) is 87.7 Å². The molecule has 194 valence electrons. The van der Waals surface area contributed by atoms with Gasteiger partial charge in [-0.1, -0.05) is 48.5 Å². The van der Waals surface area contributed by atoms with Gasteiger partial charge >= 0.3 is 0 Å². The van der Waals surface area contributed by atoms with Gasteiger partial charge in [0.1, 0.15) is 35.2 Å². The second kappa shape index (κ2) is 10.6. The molecule has 0 bridgehead atoms. The minimum absolute atomic E-state index is 0.0530. The van der Waals surface area contributed by atoms with E-state index in [1.54, 1.807) is 25.3 Å². The van der Waals surface area contributed by atoms with Crippen LogP contribution < -0.4 is 9.47 Å². The summed E-state index contributed by atoms with van der Waals surface area (Å²) in [4.78, 5) is 15.5. The van der Waals surface area contributed by atoms with Gasteiger partial charge in [0.05, 0.1) is 13.2 Å². The zero-order valence-corrected chi connectivity index (χ0v) is 22.0. The number of hydrogen-bond donors (Lipinski definition) is 2. The van der Waals surface area contributed by atoms with Crippen molar-refractivity contribution in [1.29, 1.82) is 0 Å². The van der Waals surface area contributed by atoms with E-state index in [2.05, 4.69) is 16.8 Å². The standard InChI is InChI=1S/C30H28ClN3O4/c1-4-15-38-22-11-7-20(8-12-22)29-26-27(23-17-24(31)18(2)16-25(23)35)32-33-28(26)30(36)34(29)14-13-19-5-9-21(37-3)10-6-19/h4-12,16-17,29,35H,1,13-15H2,2-3H3,(H,32,33). The predicted molar refractivity (Wildman–Crippen MR) is 147 cm³/mol. The molecule has 2 heterocycles. The summed E-state index contributed by atoms with van der Waals surface area (Å²) in [5.41, 5.74) is 4.82. The average Bonchev–Trinajstić information content (AvgIpc) is 3.47. The largest absolute Gasteiger partial charge is 0.507 e. The molecule has 1 atom stereocenters. The van der Waals surface area contributed by atoms with E-state index in [1.807, 2.05) is 60.4 Å². The van der Waals surface area contributed by atoms with Gasteiger partial charge in [-0.25, -0.2) is 0 Å². The molecule has 0 radical (unpaired) electrons. The first-order chi connectivity index (χ1) is 18.4. The first-order valence-electron chi connectivity index (χ1n) is 12.3. The normalized spacial score (nSPS) is 14.4. The Morgan fingerprint density at radius 1 is 1.13 bits per heavy atom. The smallest absolute Gasteiger partial charge is 0.273 e. The van der Waals surface area contributed by atoms with Crippen molar-refractivity contribution in [3.8, 4) is 28.5 Å². The SMILES string of the molecule is C=CCOc1ccc(C2c3c(-c4cc(Cl)c(C)cc4O)n[nH]c3C(=O)N2CCc2ccc(OC)cc2)cc1.